The Morgan fingerprint density at radius 2 is 1.72 bits per heavy atom. The number of fused-ring (bicyclic) bond motifs is 2. The summed E-state index contributed by atoms with van der Waals surface area (Å²) in [7, 11) is -2.20. The van der Waals surface area contributed by atoms with Gasteiger partial charge in [-0.1, -0.05) is 42.5 Å². The summed E-state index contributed by atoms with van der Waals surface area (Å²) in [6.07, 6.45) is 0.360. The average Bonchev–Trinajstić information content (AvgIpc) is 3.44. The van der Waals surface area contributed by atoms with Crippen LogP contribution in [-0.2, 0) is 14.8 Å². The molecule has 7 heteroatoms. The van der Waals surface area contributed by atoms with Crippen LogP contribution in [-0.4, -0.2) is 32.7 Å². The van der Waals surface area contributed by atoms with Crippen molar-refractivity contribution >= 4 is 38.1 Å². The van der Waals surface area contributed by atoms with Crippen molar-refractivity contribution < 1.29 is 17.9 Å². The Morgan fingerprint density at radius 1 is 1.03 bits per heavy atom. The Labute approximate surface area is 169 Å². The van der Waals surface area contributed by atoms with Crippen molar-refractivity contribution in [3.05, 3.63) is 66.7 Å². The summed E-state index contributed by atoms with van der Waals surface area (Å²) >= 11 is 0. The maximum absolute atomic E-state index is 13.3. The molecule has 0 aromatic heterocycles. The number of para-hydroxylation sites is 1. The highest BCUT2D eigenvalue weighted by atomic mass is 32.2. The van der Waals surface area contributed by atoms with Gasteiger partial charge in [-0.05, 0) is 30.7 Å². The first-order valence-corrected chi connectivity index (χ1v) is 10.9. The van der Waals surface area contributed by atoms with Crippen molar-refractivity contribution in [2.75, 3.05) is 23.3 Å². The van der Waals surface area contributed by atoms with E-state index in [1.165, 1.54) is 4.31 Å². The third-order valence-corrected chi connectivity index (χ3v) is 8.51. The number of hydrogen-bond acceptors (Lipinski definition) is 4. The predicted octanol–water partition coefficient (Wildman–Crippen LogP) is 3.40. The number of methoxy groups -OCH3 is 1. The van der Waals surface area contributed by atoms with Crippen molar-refractivity contribution in [3.8, 4) is 5.75 Å². The number of carbonyl (C=O) groups is 1. The molecular formula is C22H20N2O4S. The molecule has 1 amide bonds. The number of ether oxygens (including phenoxy) is 1. The third kappa shape index (κ3) is 2.47. The van der Waals surface area contributed by atoms with Crippen molar-refractivity contribution in [3.63, 3.8) is 0 Å². The molecule has 1 N–H and O–H groups in total. The Morgan fingerprint density at radius 3 is 2.45 bits per heavy atom. The fourth-order valence-corrected chi connectivity index (χ4v) is 6.71. The second-order valence-electron chi connectivity index (χ2n) is 7.48. The topological polar surface area (TPSA) is 75.7 Å². The monoisotopic (exact) mass is 408 g/mol. The Bertz CT molecular complexity index is 1230. The summed E-state index contributed by atoms with van der Waals surface area (Å²) in [6.45, 7) is 0.336. The van der Waals surface area contributed by atoms with Crippen LogP contribution in [0, 0.1) is 5.92 Å². The van der Waals surface area contributed by atoms with E-state index in [1.54, 1.807) is 43.5 Å². The third-order valence-electron chi connectivity index (χ3n) is 5.97. The molecule has 0 unspecified atom stereocenters. The van der Waals surface area contributed by atoms with E-state index in [4.69, 9.17) is 4.74 Å². The van der Waals surface area contributed by atoms with E-state index in [0.29, 0.717) is 30.1 Å². The summed E-state index contributed by atoms with van der Waals surface area (Å²) < 4.78 is 32.0. The summed E-state index contributed by atoms with van der Waals surface area (Å²) in [5.41, 5.74) is 1.18. The quantitative estimate of drug-likeness (QED) is 0.718. The highest BCUT2D eigenvalue weighted by Crippen LogP contribution is 2.58. The van der Waals surface area contributed by atoms with Gasteiger partial charge in [0.05, 0.1) is 12.8 Å². The molecule has 2 atom stereocenters. The van der Waals surface area contributed by atoms with E-state index in [0.717, 1.165) is 10.8 Å². The van der Waals surface area contributed by atoms with Gasteiger partial charge in [-0.3, -0.25) is 9.10 Å². The number of sulfonamides is 1. The lowest BCUT2D eigenvalue weighted by Gasteiger charge is -2.23. The first-order valence-electron chi connectivity index (χ1n) is 9.43. The van der Waals surface area contributed by atoms with Crippen LogP contribution in [0.1, 0.15) is 6.42 Å². The number of carbonyl (C=O) groups excluding carboxylic acids is 1. The van der Waals surface area contributed by atoms with Gasteiger partial charge in [0, 0.05) is 28.9 Å². The SMILES string of the molecule is COc1ccc(NC(=O)[C@@]23C[C@@H]2CN(c2ccccc2)S3(=O)=O)c2ccccc12. The summed E-state index contributed by atoms with van der Waals surface area (Å²) in [5.74, 6) is 0.0401. The first kappa shape index (κ1) is 18.0. The zero-order valence-electron chi connectivity index (χ0n) is 15.8. The van der Waals surface area contributed by atoms with Crippen molar-refractivity contribution in [2.45, 2.75) is 11.2 Å². The fraction of sp³-hybridized carbons (Fsp3) is 0.227. The van der Waals surface area contributed by atoms with Crippen LogP contribution in [0.25, 0.3) is 10.8 Å². The molecule has 29 heavy (non-hydrogen) atoms. The first-order chi connectivity index (χ1) is 14.0. The predicted molar refractivity (Wildman–Crippen MR) is 113 cm³/mol. The van der Waals surface area contributed by atoms with Crippen LogP contribution in [0.4, 0.5) is 11.4 Å². The molecule has 0 radical (unpaired) electrons. The van der Waals surface area contributed by atoms with Crippen LogP contribution in [0.3, 0.4) is 0 Å². The molecule has 1 aliphatic carbocycles. The number of rotatable bonds is 4. The molecule has 3 aromatic rings. The van der Waals surface area contributed by atoms with E-state index in [-0.39, 0.29) is 5.92 Å². The molecule has 5 rings (SSSR count). The average molecular weight is 408 g/mol. The lowest BCUT2D eigenvalue weighted by molar-refractivity contribution is -0.116. The lowest BCUT2D eigenvalue weighted by atomic mass is 10.1. The van der Waals surface area contributed by atoms with Crippen LogP contribution >= 0.6 is 0 Å². The maximum atomic E-state index is 13.3. The number of amides is 1. The minimum Gasteiger partial charge on any atom is -0.496 e. The van der Waals surface area contributed by atoms with Gasteiger partial charge in [-0.25, -0.2) is 8.42 Å². The van der Waals surface area contributed by atoms with E-state index < -0.39 is 20.7 Å². The number of benzene rings is 3. The van der Waals surface area contributed by atoms with Crippen LogP contribution < -0.4 is 14.4 Å². The molecule has 1 aliphatic heterocycles. The van der Waals surface area contributed by atoms with Crippen LogP contribution in [0.15, 0.2) is 66.7 Å². The number of nitrogens with zero attached hydrogens (tertiary/aromatic N) is 1. The Balaban J connectivity index is 1.49. The summed E-state index contributed by atoms with van der Waals surface area (Å²) in [6, 6.07) is 20.0. The molecular weight excluding hydrogens is 388 g/mol. The molecule has 0 bridgehead atoms. The van der Waals surface area contributed by atoms with Gasteiger partial charge in [0.1, 0.15) is 5.75 Å². The van der Waals surface area contributed by atoms with E-state index in [9.17, 15) is 13.2 Å². The van der Waals surface area contributed by atoms with E-state index in [1.807, 2.05) is 30.3 Å². The van der Waals surface area contributed by atoms with Gasteiger partial charge in [0.15, 0.2) is 4.75 Å². The molecule has 6 nitrogen and oxygen atoms in total. The highest BCUT2D eigenvalue weighted by Gasteiger charge is 2.75. The summed E-state index contributed by atoms with van der Waals surface area (Å²) in [4.78, 5) is 13.2. The van der Waals surface area contributed by atoms with Gasteiger partial charge in [0.2, 0.25) is 15.9 Å². The molecule has 1 heterocycles. The standard InChI is InChI=1S/C22H20N2O4S/c1-28-20-12-11-19(17-9-5-6-10-18(17)20)23-21(25)22-13-15(22)14-24(29(22,26)27)16-7-3-2-4-8-16/h2-12,15H,13-14H2,1H3,(H,23,25)/t15-,22-/m1/s1. The van der Waals surface area contributed by atoms with Gasteiger partial charge in [-0.15, -0.1) is 0 Å². The largest absolute Gasteiger partial charge is 0.496 e. The Hall–Kier alpha value is -3.06. The normalized spacial score (nSPS) is 24.2. The maximum Gasteiger partial charge on any atom is 0.250 e. The minimum absolute atomic E-state index is 0.197. The van der Waals surface area contributed by atoms with Gasteiger partial charge in [-0.2, -0.15) is 0 Å². The van der Waals surface area contributed by atoms with Gasteiger partial charge in [0.25, 0.3) is 0 Å². The number of hydrogen-bond donors (Lipinski definition) is 1. The van der Waals surface area contributed by atoms with E-state index >= 15 is 0 Å². The minimum atomic E-state index is -3.80. The van der Waals surface area contributed by atoms with Crippen molar-refractivity contribution in [1.29, 1.82) is 0 Å². The van der Waals surface area contributed by atoms with Gasteiger partial charge < -0.3 is 10.1 Å². The number of anilines is 2. The highest BCUT2D eigenvalue weighted by molar-refractivity contribution is 7.95. The van der Waals surface area contributed by atoms with Crippen molar-refractivity contribution in [1.82, 2.24) is 0 Å². The van der Waals surface area contributed by atoms with Gasteiger partial charge >= 0.3 is 0 Å². The lowest BCUT2D eigenvalue weighted by Crippen LogP contribution is -2.42. The summed E-state index contributed by atoms with van der Waals surface area (Å²) in [5, 5.41) is 4.56. The van der Waals surface area contributed by atoms with Crippen molar-refractivity contribution in [2.24, 2.45) is 5.92 Å². The molecule has 1 saturated heterocycles. The smallest absolute Gasteiger partial charge is 0.250 e. The molecule has 1 saturated carbocycles. The second-order valence-corrected chi connectivity index (χ2v) is 9.60. The molecule has 0 spiro atoms. The van der Waals surface area contributed by atoms with Crippen LogP contribution in [0.2, 0.25) is 0 Å². The zero-order chi connectivity index (χ0) is 20.2. The molecule has 3 aromatic carbocycles. The molecule has 148 valence electrons. The molecule has 2 aliphatic rings. The fourth-order valence-electron chi connectivity index (χ4n) is 4.35. The molecule has 2 fully saturated rings. The Kier molecular flexibility index (Phi) is 3.86. The van der Waals surface area contributed by atoms with Crippen LogP contribution in [0.5, 0.6) is 5.75 Å². The second kappa shape index (κ2) is 6.22. The van der Waals surface area contributed by atoms with E-state index in [2.05, 4.69) is 5.32 Å². The number of nitrogens with one attached hydrogen (secondary N) is 1. The zero-order valence-corrected chi connectivity index (χ0v) is 16.6.